The molecule has 2 nitrogen and oxygen atoms in total. The second-order valence-electron chi connectivity index (χ2n) is 8.26. The molecule has 4 aromatic rings. The molecule has 4 rings (SSSR count). The fraction of sp³-hybridized carbons (Fsp3) is 0.0741. The monoisotopic (exact) mass is 606 g/mol. The Kier molecular flexibility index (Phi) is 8.39. The summed E-state index contributed by atoms with van der Waals surface area (Å²) in [6, 6.07) is 15.7. The zero-order valence-electron chi connectivity index (χ0n) is 20.1. The Labute approximate surface area is 226 Å². The number of alkyl halides is 6. The molecule has 0 saturated heterocycles. The maximum atomic E-state index is 14.4. The van der Waals surface area contributed by atoms with E-state index in [0.29, 0.717) is 27.5 Å². The van der Waals surface area contributed by atoms with Crippen molar-refractivity contribution >= 4 is 30.6 Å². The highest BCUT2D eigenvalue weighted by molar-refractivity contribution is 7.74. The van der Waals surface area contributed by atoms with Gasteiger partial charge in [-0.05, 0) is 18.2 Å². The van der Waals surface area contributed by atoms with E-state index in [1.54, 1.807) is 12.1 Å². The van der Waals surface area contributed by atoms with Gasteiger partial charge in [-0.1, -0.05) is 60.7 Å². The Morgan fingerprint density at radius 2 is 0.951 bits per heavy atom. The molecule has 0 aromatic heterocycles. The normalized spacial score (nSPS) is 12.4. The van der Waals surface area contributed by atoms with Crippen molar-refractivity contribution in [1.82, 2.24) is 0 Å². The summed E-state index contributed by atoms with van der Waals surface area (Å²) in [5.74, 6) is -11.7. The van der Waals surface area contributed by atoms with E-state index in [9.17, 15) is 48.3 Å². The van der Waals surface area contributed by atoms with Crippen molar-refractivity contribution in [3.05, 3.63) is 125 Å². The van der Waals surface area contributed by atoms with E-state index < -0.39 is 71.9 Å². The van der Waals surface area contributed by atoms with Gasteiger partial charge in [0.25, 0.3) is 0 Å². The van der Waals surface area contributed by atoms with Crippen LogP contribution in [0.4, 0.5) is 54.0 Å². The molecule has 0 atom stereocenters. The third-order valence-corrected chi connectivity index (χ3v) is 7.82. The quantitative estimate of drug-likeness (QED) is 0.0539. The van der Waals surface area contributed by atoms with E-state index in [4.69, 9.17) is 0 Å². The molecule has 0 amide bonds. The van der Waals surface area contributed by atoms with Crippen LogP contribution in [0.2, 0.25) is 0 Å². The molecule has 0 aliphatic rings. The fourth-order valence-corrected chi connectivity index (χ4v) is 5.79. The molecule has 0 aliphatic carbocycles. The first-order valence-electron chi connectivity index (χ1n) is 11.2. The van der Waals surface area contributed by atoms with Crippen molar-refractivity contribution in [2.45, 2.75) is 12.4 Å². The van der Waals surface area contributed by atoms with Crippen LogP contribution in [-0.4, -0.2) is 6.21 Å². The average Bonchev–Trinajstić information content (AvgIpc) is 2.94. The molecule has 0 spiro atoms. The van der Waals surface area contributed by atoms with Crippen LogP contribution in [0.15, 0.2) is 84.0 Å². The largest absolute Gasteiger partial charge is 0.416 e. The van der Waals surface area contributed by atoms with E-state index in [0.717, 1.165) is 0 Å². The van der Waals surface area contributed by atoms with Crippen LogP contribution in [0, 0.1) is 29.1 Å². The lowest BCUT2D eigenvalue weighted by Gasteiger charge is -2.31. The van der Waals surface area contributed by atoms with E-state index in [1.165, 1.54) is 48.5 Å². The Balaban J connectivity index is 2.05. The summed E-state index contributed by atoms with van der Waals surface area (Å²) in [7, 11) is -2.23. The number of nitrogens with zero attached hydrogens (tertiary/aromatic N) is 2. The predicted molar refractivity (Wildman–Crippen MR) is 132 cm³/mol. The maximum Gasteiger partial charge on any atom is 0.416 e. The molecular weight excluding hydrogens is 592 g/mol. The number of hydrogen-bond acceptors (Lipinski definition) is 2. The van der Waals surface area contributed by atoms with Gasteiger partial charge in [0.2, 0.25) is 5.82 Å². The zero-order valence-corrected chi connectivity index (χ0v) is 21.0. The fourth-order valence-electron chi connectivity index (χ4n) is 3.64. The van der Waals surface area contributed by atoms with Crippen LogP contribution in [0.25, 0.3) is 0 Å². The standard InChI is InChI=1S/C27H14F11N2P/c28-21-20(22(29)24(31)25(32)23(21)30)14-39-40(17-12-15(26(33,34)35)11-16(13-17)27(36,37)38)41(18-7-3-1-4-8-18)19-9-5-2-6-10-19/h1-14H/b39-14+. The van der Waals surface area contributed by atoms with Crippen LogP contribution < -0.4 is 15.4 Å². The summed E-state index contributed by atoms with van der Waals surface area (Å²) >= 11 is 0. The summed E-state index contributed by atoms with van der Waals surface area (Å²) in [6.07, 6.45) is -10.4. The van der Waals surface area contributed by atoms with E-state index in [2.05, 4.69) is 5.10 Å². The van der Waals surface area contributed by atoms with E-state index in [-0.39, 0.29) is 12.3 Å². The van der Waals surface area contributed by atoms with Crippen molar-refractivity contribution in [2.75, 3.05) is 4.78 Å². The third kappa shape index (κ3) is 6.35. The van der Waals surface area contributed by atoms with Crippen LogP contribution in [0.3, 0.4) is 0 Å². The first kappa shape index (κ1) is 30.0. The van der Waals surface area contributed by atoms with Gasteiger partial charge in [-0.2, -0.15) is 31.4 Å². The molecule has 4 aromatic carbocycles. The van der Waals surface area contributed by atoms with E-state index >= 15 is 0 Å². The predicted octanol–water partition coefficient (Wildman–Crippen LogP) is 8.31. The van der Waals surface area contributed by atoms with Crippen molar-refractivity contribution in [3.63, 3.8) is 0 Å². The lowest BCUT2D eigenvalue weighted by atomic mass is 10.1. The summed E-state index contributed by atoms with van der Waals surface area (Å²) in [6.45, 7) is 0. The lowest BCUT2D eigenvalue weighted by molar-refractivity contribution is -0.143. The summed E-state index contributed by atoms with van der Waals surface area (Å²) in [5.41, 5.74) is -5.79. The van der Waals surface area contributed by atoms with Gasteiger partial charge in [0.05, 0.1) is 36.7 Å². The number of hydrogen-bond donors (Lipinski definition) is 0. The maximum absolute atomic E-state index is 14.4. The van der Waals surface area contributed by atoms with Crippen molar-refractivity contribution in [2.24, 2.45) is 5.10 Å². The molecule has 0 heterocycles. The highest BCUT2D eigenvalue weighted by Crippen LogP contribution is 2.46. The minimum Gasteiger partial charge on any atom is -0.236 e. The molecule has 0 aliphatic heterocycles. The highest BCUT2D eigenvalue weighted by Gasteiger charge is 2.38. The highest BCUT2D eigenvalue weighted by atomic mass is 31.1. The Morgan fingerprint density at radius 1 is 0.561 bits per heavy atom. The zero-order chi connectivity index (χ0) is 30.1. The minimum absolute atomic E-state index is 0.122. The van der Waals surface area contributed by atoms with Crippen LogP contribution in [0.5, 0.6) is 0 Å². The van der Waals surface area contributed by atoms with Gasteiger partial charge in [-0.25, -0.2) is 26.7 Å². The average molecular weight is 606 g/mol. The Bertz CT molecular complexity index is 1470. The van der Waals surface area contributed by atoms with Crippen LogP contribution >= 0.6 is 8.07 Å². The molecule has 0 unspecified atom stereocenters. The van der Waals surface area contributed by atoms with Gasteiger partial charge >= 0.3 is 12.4 Å². The molecule has 0 radical (unpaired) electrons. The van der Waals surface area contributed by atoms with Gasteiger partial charge < -0.3 is 0 Å². The molecule has 0 fully saturated rings. The molecular formula is C27H14F11N2P. The van der Waals surface area contributed by atoms with Crippen molar-refractivity contribution < 1.29 is 48.3 Å². The summed E-state index contributed by atoms with van der Waals surface area (Å²) < 4.78 is 153. The summed E-state index contributed by atoms with van der Waals surface area (Å²) in [4.78, 5) is 0. The van der Waals surface area contributed by atoms with Crippen molar-refractivity contribution in [1.29, 1.82) is 0 Å². The topological polar surface area (TPSA) is 15.6 Å². The van der Waals surface area contributed by atoms with Crippen molar-refractivity contribution in [3.8, 4) is 0 Å². The molecule has 0 N–H and O–H groups in total. The Hall–Kier alpha value is -3.99. The third-order valence-electron chi connectivity index (χ3n) is 5.53. The minimum atomic E-state index is -5.25. The number of halogens is 11. The molecule has 0 bridgehead atoms. The first-order valence-corrected chi connectivity index (χ1v) is 12.5. The van der Waals surface area contributed by atoms with Gasteiger partial charge in [-0.15, -0.1) is 0 Å². The SMILES string of the molecule is Fc1c(F)c(F)c(/C=N/N(c2cc(C(F)(F)F)cc(C(F)(F)F)c2)P(c2ccccc2)c2ccccc2)c(F)c1F. The van der Waals surface area contributed by atoms with E-state index in [1.807, 2.05) is 0 Å². The molecule has 214 valence electrons. The smallest absolute Gasteiger partial charge is 0.236 e. The second-order valence-corrected chi connectivity index (χ2v) is 10.3. The first-order chi connectivity index (χ1) is 19.2. The molecule has 14 heteroatoms. The van der Waals surface area contributed by atoms with Gasteiger partial charge in [0.1, 0.15) is 0 Å². The van der Waals surface area contributed by atoms with Crippen LogP contribution in [-0.2, 0) is 12.4 Å². The number of anilines is 1. The van der Waals surface area contributed by atoms with Gasteiger partial charge in [-0.3, -0.25) is 0 Å². The summed E-state index contributed by atoms with van der Waals surface area (Å²) in [5, 5.41) is 4.39. The lowest BCUT2D eigenvalue weighted by Crippen LogP contribution is -2.26. The molecule has 41 heavy (non-hydrogen) atoms. The number of rotatable bonds is 6. The number of hydrazone groups is 1. The van der Waals surface area contributed by atoms with Gasteiger partial charge in [0, 0.05) is 10.6 Å². The van der Waals surface area contributed by atoms with Gasteiger partial charge in [0.15, 0.2) is 23.3 Å². The molecule has 0 saturated carbocycles. The van der Waals surface area contributed by atoms with Crippen LogP contribution in [0.1, 0.15) is 16.7 Å². The Morgan fingerprint density at radius 3 is 1.34 bits per heavy atom. The second kappa shape index (κ2) is 11.5. The number of benzene rings is 4.